The van der Waals surface area contributed by atoms with Gasteiger partial charge in [-0.1, -0.05) is 39.8 Å². The van der Waals surface area contributed by atoms with Gasteiger partial charge in [0.05, 0.1) is 11.0 Å². The topological polar surface area (TPSA) is 200 Å². The fraction of sp³-hybridized carbons (Fsp3) is 0.720. The summed E-state index contributed by atoms with van der Waals surface area (Å²) >= 11 is 0. The number of piperazine rings is 1. The second-order valence-electron chi connectivity index (χ2n) is 10.9. The lowest BCUT2D eigenvalue weighted by atomic mass is 10.1. The first-order valence-corrected chi connectivity index (χ1v) is 16.5. The minimum Gasteiger partial charge on any atom is -0.356 e. The summed E-state index contributed by atoms with van der Waals surface area (Å²) in [6.07, 6.45) is 2.44. The maximum absolute atomic E-state index is 8.74. The third-order valence-electron chi connectivity index (χ3n) is 5.99. The Labute approximate surface area is 244 Å². The Kier molecular flexibility index (Phi) is 16.9. The van der Waals surface area contributed by atoms with Crippen molar-refractivity contribution in [3.8, 4) is 0 Å². The van der Waals surface area contributed by atoms with Gasteiger partial charge in [0, 0.05) is 45.8 Å². The molecule has 1 aromatic heterocycles. The second-order valence-corrected chi connectivity index (χ2v) is 12.7. The van der Waals surface area contributed by atoms with Crippen LogP contribution in [0.2, 0.25) is 0 Å². The number of nitrogens with zero attached hydrogens (tertiary/aromatic N) is 4. The average molecular weight is 625 g/mol. The molecule has 238 valence electrons. The fourth-order valence-corrected chi connectivity index (χ4v) is 4.59. The zero-order chi connectivity index (χ0) is 31.1. The lowest BCUT2D eigenvalue weighted by Gasteiger charge is -2.35. The summed E-state index contributed by atoms with van der Waals surface area (Å²) in [6, 6.07) is 8.18. The van der Waals surface area contributed by atoms with E-state index < -0.39 is 20.8 Å². The van der Waals surface area contributed by atoms with Crippen LogP contribution in [0, 0.1) is 11.8 Å². The molecule has 0 saturated carbocycles. The number of aromatic nitrogens is 2. The molecule has 0 amide bonds. The molecule has 1 saturated heterocycles. The predicted molar refractivity (Wildman–Crippen MR) is 161 cm³/mol. The Morgan fingerprint density at radius 3 is 1.78 bits per heavy atom. The summed E-state index contributed by atoms with van der Waals surface area (Å²) in [4.78, 5) is 15.9. The van der Waals surface area contributed by atoms with Crippen LogP contribution in [0.25, 0.3) is 11.0 Å². The van der Waals surface area contributed by atoms with E-state index >= 15 is 0 Å². The molecule has 2 aromatic rings. The predicted octanol–water partition coefficient (Wildman–Crippen LogP) is 2.68. The maximum Gasteiger partial charge on any atom is 0.394 e. The fourth-order valence-electron chi connectivity index (χ4n) is 4.59. The molecule has 41 heavy (non-hydrogen) atoms. The molecule has 1 aliphatic heterocycles. The van der Waals surface area contributed by atoms with Gasteiger partial charge in [0.15, 0.2) is 0 Å². The quantitative estimate of drug-likeness (QED) is 0.140. The van der Waals surface area contributed by atoms with Crippen LogP contribution in [0.3, 0.4) is 0 Å². The summed E-state index contributed by atoms with van der Waals surface area (Å²) in [5, 5.41) is 3.44. The summed E-state index contributed by atoms with van der Waals surface area (Å²) < 4.78 is 63.2. The lowest BCUT2D eigenvalue weighted by molar-refractivity contribution is 0.124. The summed E-state index contributed by atoms with van der Waals surface area (Å²) in [7, 11) is -9.33. The first kappa shape index (κ1) is 37.1. The Bertz CT molecular complexity index is 1110. The van der Waals surface area contributed by atoms with Gasteiger partial charge in [-0.2, -0.15) is 16.8 Å². The summed E-state index contributed by atoms with van der Waals surface area (Å²) in [6.45, 7) is 21.2. The molecule has 1 aromatic carbocycles. The van der Waals surface area contributed by atoms with Crippen molar-refractivity contribution in [1.82, 2.24) is 24.7 Å². The Morgan fingerprint density at radius 1 is 0.854 bits per heavy atom. The monoisotopic (exact) mass is 624 g/mol. The number of aromatic amines is 1. The highest BCUT2D eigenvalue weighted by atomic mass is 32.3. The molecule has 3 rings (SSSR count). The first-order valence-electron chi connectivity index (χ1n) is 13.7. The SMILES string of the molecule is CC(C)CN(CCCN1CCN(CCCNc2nc3ccccc3[nH]2)CC1)CC(C)C.O=S(=O)(O)O.O=S(=O)(O)O. The number of imidazole rings is 1. The van der Waals surface area contributed by atoms with Gasteiger partial charge in [-0.15, -0.1) is 0 Å². The number of anilines is 1. The van der Waals surface area contributed by atoms with E-state index in [-0.39, 0.29) is 0 Å². The number of rotatable bonds is 13. The van der Waals surface area contributed by atoms with Crippen molar-refractivity contribution in [1.29, 1.82) is 0 Å². The molecule has 2 heterocycles. The number of fused-ring (bicyclic) bond motifs is 1. The molecule has 1 fully saturated rings. The van der Waals surface area contributed by atoms with E-state index in [0.29, 0.717) is 0 Å². The lowest BCUT2D eigenvalue weighted by Crippen LogP contribution is -2.47. The van der Waals surface area contributed by atoms with Crippen LogP contribution in [0.5, 0.6) is 0 Å². The number of hydrogen-bond acceptors (Lipinski definition) is 9. The molecule has 14 nitrogen and oxygen atoms in total. The van der Waals surface area contributed by atoms with E-state index in [1.54, 1.807) is 0 Å². The molecule has 1 aliphatic rings. The van der Waals surface area contributed by atoms with Crippen molar-refractivity contribution in [2.24, 2.45) is 11.8 Å². The van der Waals surface area contributed by atoms with E-state index in [1.807, 2.05) is 18.2 Å². The standard InChI is InChI=1S/C25H44N6.2H2O4S/c1-21(2)19-31(20-22(3)4)14-8-13-30-17-15-29(16-18-30)12-7-11-26-25-27-23-9-5-6-10-24(23)28-25;2*1-5(2,3)4/h5-6,9-10,21-22H,7-8,11-20H2,1-4H3,(H2,26,27,28);2*(H2,1,2,3,4). The van der Waals surface area contributed by atoms with Crippen molar-refractivity contribution >= 4 is 37.8 Å². The van der Waals surface area contributed by atoms with Crippen LogP contribution in [-0.2, 0) is 20.8 Å². The van der Waals surface area contributed by atoms with Gasteiger partial charge in [-0.25, -0.2) is 4.98 Å². The van der Waals surface area contributed by atoms with E-state index in [0.717, 1.165) is 48.3 Å². The number of para-hydroxylation sites is 2. The van der Waals surface area contributed by atoms with Gasteiger partial charge < -0.3 is 25.0 Å². The minimum atomic E-state index is -4.67. The van der Waals surface area contributed by atoms with Crippen molar-refractivity contribution in [2.75, 3.05) is 70.8 Å². The molecule has 0 atom stereocenters. The van der Waals surface area contributed by atoms with Gasteiger partial charge in [0.2, 0.25) is 5.95 Å². The third kappa shape index (κ3) is 21.5. The number of H-pyrrole nitrogens is 1. The van der Waals surface area contributed by atoms with Crippen LogP contribution >= 0.6 is 0 Å². The molecule has 0 unspecified atom stereocenters. The zero-order valence-electron chi connectivity index (χ0n) is 24.5. The highest BCUT2D eigenvalue weighted by Gasteiger charge is 2.17. The van der Waals surface area contributed by atoms with E-state index in [4.69, 9.17) is 35.0 Å². The molecular formula is C25H48N6O8S2. The summed E-state index contributed by atoms with van der Waals surface area (Å²) in [5.41, 5.74) is 2.12. The summed E-state index contributed by atoms with van der Waals surface area (Å²) in [5.74, 6) is 2.39. The van der Waals surface area contributed by atoms with Gasteiger partial charge in [0.1, 0.15) is 0 Å². The Morgan fingerprint density at radius 2 is 1.32 bits per heavy atom. The van der Waals surface area contributed by atoms with Gasteiger partial charge in [-0.3, -0.25) is 18.2 Å². The van der Waals surface area contributed by atoms with Gasteiger partial charge >= 0.3 is 20.8 Å². The highest BCUT2D eigenvalue weighted by molar-refractivity contribution is 7.80. The van der Waals surface area contributed by atoms with Gasteiger partial charge in [-0.05, 0) is 56.4 Å². The van der Waals surface area contributed by atoms with Crippen molar-refractivity contribution in [3.05, 3.63) is 24.3 Å². The number of hydrogen-bond donors (Lipinski definition) is 6. The van der Waals surface area contributed by atoms with Crippen LogP contribution in [0.1, 0.15) is 40.5 Å². The molecule has 6 N–H and O–H groups in total. The van der Waals surface area contributed by atoms with E-state index in [2.05, 4.69) is 63.7 Å². The molecule has 0 spiro atoms. The van der Waals surface area contributed by atoms with Crippen LogP contribution in [0.15, 0.2) is 24.3 Å². The van der Waals surface area contributed by atoms with Crippen LogP contribution in [-0.4, -0.2) is 125 Å². The van der Waals surface area contributed by atoms with Gasteiger partial charge in [0.25, 0.3) is 0 Å². The maximum atomic E-state index is 8.74. The normalized spacial score (nSPS) is 15.1. The van der Waals surface area contributed by atoms with Crippen molar-refractivity contribution in [3.63, 3.8) is 0 Å². The Hall–Kier alpha value is -1.89. The highest BCUT2D eigenvalue weighted by Crippen LogP contribution is 2.13. The van der Waals surface area contributed by atoms with Crippen molar-refractivity contribution < 1.29 is 35.0 Å². The molecule has 16 heteroatoms. The van der Waals surface area contributed by atoms with Crippen LogP contribution in [0.4, 0.5) is 5.95 Å². The van der Waals surface area contributed by atoms with Crippen LogP contribution < -0.4 is 5.32 Å². The smallest absolute Gasteiger partial charge is 0.356 e. The number of nitrogens with one attached hydrogen (secondary N) is 2. The second kappa shape index (κ2) is 18.6. The largest absolute Gasteiger partial charge is 0.394 e. The first-order chi connectivity index (χ1) is 19.0. The molecular weight excluding hydrogens is 576 g/mol. The third-order valence-corrected chi connectivity index (χ3v) is 5.99. The zero-order valence-corrected chi connectivity index (χ0v) is 26.1. The van der Waals surface area contributed by atoms with Crippen molar-refractivity contribution in [2.45, 2.75) is 40.5 Å². The Balaban J connectivity index is 0.000000722. The number of benzene rings is 1. The molecule has 0 bridgehead atoms. The minimum absolute atomic E-state index is 0.753. The van der Waals surface area contributed by atoms with E-state index in [1.165, 1.54) is 58.8 Å². The van der Waals surface area contributed by atoms with E-state index in [9.17, 15) is 0 Å². The average Bonchev–Trinajstić information content (AvgIpc) is 3.23. The molecule has 0 radical (unpaired) electrons. The molecule has 0 aliphatic carbocycles.